The lowest BCUT2D eigenvalue weighted by Gasteiger charge is -2.44. The maximum absolute atomic E-state index is 13.8. The van der Waals surface area contributed by atoms with Gasteiger partial charge < -0.3 is 9.88 Å². The van der Waals surface area contributed by atoms with Crippen molar-refractivity contribution < 1.29 is 9.59 Å². The first-order chi connectivity index (χ1) is 15.0. The molecule has 3 aromatic rings. The molecule has 2 aliphatic rings. The highest BCUT2D eigenvalue weighted by Crippen LogP contribution is 2.37. The molecule has 1 aromatic carbocycles. The minimum atomic E-state index is -0.995. The number of aromatic nitrogens is 1. The monoisotopic (exact) mass is 435 g/mol. The van der Waals surface area contributed by atoms with Crippen molar-refractivity contribution >= 4 is 39.1 Å². The van der Waals surface area contributed by atoms with Gasteiger partial charge in [0, 0.05) is 17.1 Å². The number of thiophene rings is 1. The number of benzene rings is 1. The first-order valence-corrected chi connectivity index (χ1v) is 12.2. The largest absolute Gasteiger partial charge is 0.351 e. The van der Waals surface area contributed by atoms with Gasteiger partial charge in [0.2, 0.25) is 5.91 Å². The number of amides is 2. The van der Waals surface area contributed by atoms with Crippen LogP contribution in [0.2, 0.25) is 0 Å². The Labute approximate surface area is 187 Å². The molecule has 0 radical (unpaired) electrons. The molecule has 5 nitrogen and oxygen atoms in total. The molecule has 1 N–H and O–H groups in total. The Kier molecular flexibility index (Phi) is 5.13. The molecule has 31 heavy (non-hydrogen) atoms. The highest BCUT2D eigenvalue weighted by Gasteiger charge is 2.49. The molecule has 0 spiro atoms. The number of hydrogen-bond donors (Lipinski definition) is 1. The van der Waals surface area contributed by atoms with Crippen molar-refractivity contribution in [1.29, 1.82) is 0 Å². The molecule has 2 aromatic heterocycles. The first kappa shape index (κ1) is 20.3. The number of hydrogen-bond acceptors (Lipinski definition) is 3. The SMILES string of the molecule is CCc1ccc(N2C(=O)c3cc4ccsc4n3C[C@@]2(C)C(=O)NC2CCCCC2)cc1. The Morgan fingerprint density at radius 2 is 1.90 bits per heavy atom. The molecule has 5 rings (SSSR count). The van der Waals surface area contributed by atoms with Gasteiger partial charge in [-0.25, -0.2) is 0 Å². The van der Waals surface area contributed by atoms with Crippen LogP contribution in [0.1, 0.15) is 62.0 Å². The molecule has 0 bridgehead atoms. The third kappa shape index (κ3) is 3.37. The van der Waals surface area contributed by atoms with Crippen LogP contribution in [0, 0.1) is 0 Å². The van der Waals surface area contributed by atoms with Crippen LogP contribution in [-0.2, 0) is 17.8 Å². The maximum atomic E-state index is 13.8. The zero-order chi connectivity index (χ0) is 21.6. The molecule has 1 aliphatic carbocycles. The van der Waals surface area contributed by atoms with Gasteiger partial charge in [-0.05, 0) is 61.4 Å². The summed E-state index contributed by atoms with van der Waals surface area (Å²) in [5, 5.41) is 6.40. The lowest BCUT2D eigenvalue weighted by molar-refractivity contribution is -0.127. The van der Waals surface area contributed by atoms with E-state index in [4.69, 9.17) is 0 Å². The van der Waals surface area contributed by atoms with Gasteiger partial charge in [-0.2, -0.15) is 0 Å². The predicted molar refractivity (Wildman–Crippen MR) is 126 cm³/mol. The molecular formula is C25H29N3O2S. The van der Waals surface area contributed by atoms with E-state index < -0.39 is 5.54 Å². The van der Waals surface area contributed by atoms with E-state index in [0.29, 0.717) is 12.2 Å². The van der Waals surface area contributed by atoms with E-state index in [2.05, 4.69) is 12.2 Å². The van der Waals surface area contributed by atoms with Gasteiger partial charge in [0.1, 0.15) is 16.1 Å². The van der Waals surface area contributed by atoms with E-state index in [1.165, 1.54) is 12.0 Å². The summed E-state index contributed by atoms with van der Waals surface area (Å²) in [5.41, 5.74) is 1.65. The second-order valence-electron chi connectivity index (χ2n) is 9.04. The maximum Gasteiger partial charge on any atom is 0.275 e. The molecule has 0 unspecified atom stereocenters. The van der Waals surface area contributed by atoms with E-state index in [1.807, 2.05) is 53.3 Å². The van der Waals surface area contributed by atoms with E-state index in [0.717, 1.165) is 48.0 Å². The quantitative estimate of drug-likeness (QED) is 0.617. The van der Waals surface area contributed by atoms with Crippen LogP contribution in [0.15, 0.2) is 41.8 Å². The van der Waals surface area contributed by atoms with Crippen LogP contribution in [-0.4, -0.2) is 28.0 Å². The highest BCUT2D eigenvalue weighted by molar-refractivity contribution is 7.16. The zero-order valence-electron chi connectivity index (χ0n) is 18.2. The van der Waals surface area contributed by atoms with Gasteiger partial charge >= 0.3 is 0 Å². The number of anilines is 1. The van der Waals surface area contributed by atoms with Gasteiger partial charge in [0.25, 0.3) is 5.91 Å². The summed E-state index contributed by atoms with van der Waals surface area (Å²) >= 11 is 1.62. The second-order valence-corrected chi connectivity index (χ2v) is 9.93. The summed E-state index contributed by atoms with van der Waals surface area (Å²) in [4.78, 5) is 30.3. The lowest BCUT2D eigenvalue weighted by Crippen LogP contribution is -2.65. The molecule has 1 fully saturated rings. The van der Waals surface area contributed by atoms with Gasteiger partial charge in [-0.1, -0.05) is 38.3 Å². The van der Waals surface area contributed by atoms with Gasteiger partial charge in [-0.15, -0.1) is 11.3 Å². The minimum Gasteiger partial charge on any atom is -0.351 e. The van der Waals surface area contributed by atoms with Crippen molar-refractivity contribution in [3.8, 4) is 0 Å². The fourth-order valence-corrected chi connectivity index (χ4v) is 5.97. The van der Waals surface area contributed by atoms with Crippen LogP contribution < -0.4 is 10.2 Å². The average molecular weight is 436 g/mol. The van der Waals surface area contributed by atoms with E-state index in [-0.39, 0.29) is 17.9 Å². The van der Waals surface area contributed by atoms with Crippen LogP contribution >= 0.6 is 11.3 Å². The van der Waals surface area contributed by atoms with Crippen LogP contribution in [0.4, 0.5) is 5.69 Å². The number of rotatable bonds is 4. The molecule has 1 saturated carbocycles. The number of carbonyl (C=O) groups excluding carboxylic acids is 2. The molecule has 6 heteroatoms. The van der Waals surface area contributed by atoms with Crippen molar-refractivity contribution in [2.45, 2.75) is 70.5 Å². The predicted octanol–water partition coefficient (Wildman–Crippen LogP) is 5.13. The van der Waals surface area contributed by atoms with Crippen molar-refractivity contribution in [3.05, 3.63) is 53.0 Å². The highest BCUT2D eigenvalue weighted by atomic mass is 32.1. The smallest absolute Gasteiger partial charge is 0.275 e. The summed E-state index contributed by atoms with van der Waals surface area (Å²) in [5.74, 6) is -0.170. The Morgan fingerprint density at radius 1 is 1.16 bits per heavy atom. The van der Waals surface area contributed by atoms with E-state index in [9.17, 15) is 9.59 Å². The topological polar surface area (TPSA) is 54.3 Å². The number of nitrogens with zero attached hydrogens (tertiary/aromatic N) is 2. The van der Waals surface area contributed by atoms with Crippen molar-refractivity contribution in [3.63, 3.8) is 0 Å². The number of nitrogens with one attached hydrogen (secondary N) is 1. The molecule has 1 aliphatic heterocycles. The lowest BCUT2D eigenvalue weighted by atomic mass is 9.91. The van der Waals surface area contributed by atoms with Gasteiger partial charge in [0.15, 0.2) is 0 Å². The molecule has 3 heterocycles. The minimum absolute atomic E-state index is 0.0589. The third-order valence-electron chi connectivity index (χ3n) is 6.92. The third-order valence-corrected chi connectivity index (χ3v) is 7.87. The van der Waals surface area contributed by atoms with Crippen molar-refractivity contribution in [2.75, 3.05) is 4.90 Å². The van der Waals surface area contributed by atoms with Crippen LogP contribution in [0.5, 0.6) is 0 Å². The fraction of sp³-hybridized carbons (Fsp3) is 0.440. The van der Waals surface area contributed by atoms with Crippen molar-refractivity contribution in [2.24, 2.45) is 0 Å². The van der Waals surface area contributed by atoms with E-state index >= 15 is 0 Å². The second kappa shape index (κ2) is 7.83. The Bertz CT molecular complexity index is 1120. The van der Waals surface area contributed by atoms with Crippen LogP contribution in [0.3, 0.4) is 0 Å². The Balaban J connectivity index is 1.58. The standard InChI is InChI=1S/C25H29N3O2S/c1-3-17-9-11-20(12-10-17)28-22(29)21-15-18-13-14-31-23(18)27(21)16-25(28,2)24(30)26-19-7-5-4-6-8-19/h9-15,19H,3-8,16H2,1-2H3,(H,26,30)/t25-/m0/s1. The van der Waals surface area contributed by atoms with Crippen molar-refractivity contribution in [1.82, 2.24) is 9.88 Å². The van der Waals surface area contributed by atoms with Crippen LogP contribution in [0.25, 0.3) is 10.2 Å². The summed E-state index contributed by atoms with van der Waals surface area (Å²) in [6.45, 7) is 4.48. The first-order valence-electron chi connectivity index (χ1n) is 11.3. The number of aryl methyl sites for hydroxylation is 1. The normalized spacial score (nSPS) is 22.0. The molecule has 1 atom stereocenters. The summed E-state index contributed by atoms with van der Waals surface area (Å²) in [6.07, 6.45) is 6.52. The Hall–Kier alpha value is -2.60. The van der Waals surface area contributed by atoms with Gasteiger partial charge in [-0.3, -0.25) is 14.5 Å². The molecular weight excluding hydrogens is 406 g/mol. The molecule has 162 valence electrons. The number of fused-ring (bicyclic) bond motifs is 3. The molecule has 0 saturated heterocycles. The average Bonchev–Trinajstić information content (AvgIpc) is 3.37. The summed E-state index contributed by atoms with van der Waals surface area (Å²) in [7, 11) is 0. The number of carbonyl (C=O) groups is 2. The summed E-state index contributed by atoms with van der Waals surface area (Å²) < 4.78 is 2.04. The van der Waals surface area contributed by atoms with Gasteiger partial charge in [0.05, 0.1) is 6.54 Å². The van der Waals surface area contributed by atoms with E-state index in [1.54, 1.807) is 16.2 Å². The Morgan fingerprint density at radius 3 is 2.61 bits per heavy atom. The molecule has 2 amide bonds. The summed E-state index contributed by atoms with van der Waals surface area (Å²) in [6, 6.07) is 12.2. The fourth-order valence-electron chi connectivity index (χ4n) is 5.07. The zero-order valence-corrected chi connectivity index (χ0v) is 19.0.